The van der Waals surface area contributed by atoms with Crippen LogP contribution >= 0.6 is 0 Å². The molecule has 15 heavy (non-hydrogen) atoms. The molecule has 4 atom stereocenters. The van der Waals surface area contributed by atoms with Gasteiger partial charge in [-0.1, -0.05) is 44.8 Å². The minimum Gasteiger partial charge on any atom is -0.0996 e. The van der Waals surface area contributed by atoms with Crippen LogP contribution < -0.4 is 0 Å². The standard InChI is InChI=1S/C15H24/c1-11-7-15(8-12(11)2)9-13-5-3-4-6-14(13)10-15/h12-14H,1,3-10H2,2H3/t12-,13-,14+,15?/m1/s1. The van der Waals surface area contributed by atoms with E-state index in [2.05, 4.69) is 13.5 Å². The van der Waals surface area contributed by atoms with Crippen LogP contribution in [0.25, 0.3) is 0 Å². The van der Waals surface area contributed by atoms with Gasteiger partial charge in [0, 0.05) is 0 Å². The van der Waals surface area contributed by atoms with Gasteiger partial charge in [0.05, 0.1) is 0 Å². The molecule has 0 heteroatoms. The van der Waals surface area contributed by atoms with E-state index in [1.54, 1.807) is 18.4 Å². The fourth-order valence-electron chi connectivity index (χ4n) is 4.85. The lowest BCUT2D eigenvalue weighted by Gasteiger charge is -2.24. The summed E-state index contributed by atoms with van der Waals surface area (Å²) in [6.07, 6.45) is 12.0. The van der Waals surface area contributed by atoms with Crippen molar-refractivity contribution in [3.05, 3.63) is 12.2 Å². The van der Waals surface area contributed by atoms with Gasteiger partial charge in [-0.2, -0.15) is 0 Å². The maximum absolute atomic E-state index is 4.27. The van der Waals surface area contributed by atoms with Gasteiger partial charge in [0.1, 0.15) is 0 Å². The van der Waals surface area contributed by atoms with Crippen LogP contribution in [0.3, 0.4) is 0 Å². The molecule has 0 aliphatic heterocycles. The molecule has 0 amide bonds. The molecule has 0 aromatic heterocycles. The summed E-state index contributed by atoms with van der Waals surface area (Å²) in [7, 11) is 0. The van der Waals surface area contributed by atoms with Gasteiger partial charge in [-0.15, -0.1) is 0 Å². The first-order chi connectivity index (χ1) is 7.19. The first-order valence-corrected chi connectivity index (χ1v) is 6.86. The molecule has 0 saturated heterocycles. The first kappa shape index (κ1) is 9.93. The van der Waals surface area contributed by atoms with Gasteiger partial charge in [0.25, 0.3) is 0 Å². The highest BCUT2D eigenvalue weighted by molar-refractivity contribution is 5.15. The summed E-state index contributed by atoms with van der Waals surface area (Å²) >= 11 is 0. The van der Waals surface area contributed by atoms with Crippen LogP contribution in [0.2, 0.25) is 0 Å². The van der Waals surface area contributed by atoms with Gasteiger partial charge in [-0.05, 0) is 48.9 Å². The van der Waals surface area contributed by atoms with E-state index in [1.165, 1.54) is 38.5 Å². The zero-order valence-electron chi connectivity index (χ0n) is 10.1. The van der Waals surface area contributed by atoms with Crippen molar-refractivity contribution in [3.8, 4) is 0 Å². The van der Waals surface area contributed by atoms with Crippen molar-refractivity contribution in [1.29, 1.82) is 0 Å². The Morgan fingerprint density at radius 2 is 1.67 bits per heavy atom. The molecule has 1 spiro atoms. The molecule has 3 rings (SSSR count). The molecular formula is C15H24. The van der Waals surface area contributed by atoms with Gasteiger partial charge >= 0.3 is 0 Å². The molecule has 3 aliphatic rings. The van der Waals surface area contributed by atoms with E-state index < -0.39 is 0 Å². The van der Waals surface area contributed by atoms with Crippen LogP contribution in [-0.2, 0) is 0 Å². The summed E-state index contributed by atoms with van der Waals surface area (Å²) in [6.45, 7) is 6.66. The largest absolute Gasteiger partial charge is 0.0996 e. The molecule has 0 nitrogen and oxygen atoms in total. The summed E-state index contributed by atoms with van der Waals surface area (Å²) < 4.78 is 0. The molecule has 0 radical (unpaired) electrons. The zero-order valence-corrected chi connectivity index (χ0v) is 10.1. The second kappa shape index (κ2) is 3.37. The Labute approximate surface area is 94.1 Å². The maximum Gasteiger partial charge on any atom is -0.0229 e. The molecule has 1 unspecified atom stereocenters. The van der Waals surface area contributed by atoms with Crippen LogP contribution in [0.15, 0.2) is 12.2 Å². The Bertz CT molecular complexity index is 262. The predicted octanol–water partition coefficient (Wildman–Crippen LogP) is 4.56. The quantitative estimate of drug-likeness (QED) is 0.507. The first-order valence-electron chi connectivity index (χ1n) is 6.86. The fraction of sp³-hybridized carbons (Fsp3) is 0.867. The average Bonchev–Trinajstić information content (AvgIpc) is 2.66. The zero-order chi connectivity index (χ0) is 10.5. The van der Waals surface area contributed by atoms with Crippen LogP contribution in [0.5, 0.6) is 0 Å². The molecule has 84 valence electrons. The van der Waals surface area contributed by atoms with Crippen molar-refractivity contribution in [1.82, 2.24) is 0 Å². The number of rotatable bonds is 0. The van der Waals surface area contributed by atoms with Gasteiger partial charge < -0.3 is 0 Å². The lowest BCUT2D eigenvalue weighted by Crippen LogP contribution is -2.12. The molecule has 0 aromatic rings. The normalized spacial score (nSPS) is 49.9. The van der Waals surface area contributed by atoms with Crippen molar-refractivity contribution in [2.24, 2.45) is 23.2 Å². The SMILES string of the molecule is C=C1CC2(C[C@H]3CCCC[C@H]3C2)C[C@H]1C. The summed E-state index contributed by atoms with van der Waals surface area (Å²) in [5, 5.41) is 0. The monoisotopic (exact) mass is 204 g/mol. The third-order valence-electron chi connectivity index (χ3n) is 5.50. The van der Waals surface area contributed by atoms with Crippen molar-refractivity contribution in [2.75, 3.05) is 0 Å². The number of fused-ring (bicyclic) bond motifs is 1. The molecule has 0 heterocycles. The van der Waals surface area contributed by atoms with Crippen LogP contribution in [0, 0.1) is 23.2 Å². The Kier molecular flexibility index (Phi) is 2.23. The molecular weight excluding hydrogens is 180 g/mol. The topological polar surface area (TPSA) is 0 Å². The van der Waals surface area contributed by atoms with Crippen molar-refractivity contribution in [2.45, 2.75) is 58.3 Å². The van der Waals surface area contributed by atoms with Gasteiger partial charge in [0.15, 0.2) is 0 Å². The molecule has 3 aliphatic carbocycles. The summed E-state index contributed by atoms with van der Waals surface area (Å²) in [5.41, 5.74) is 2.27. The second-order valence-electron chi connectivity index (χ2n) is 6.65. The van der Waals surface area contributed by atoms with E-state index in [1.807, 2.05) is 0 Å². The Morgan fingerprint density at radius 1 is 1.07 bits per heavy atom. The van der Waals surface area contributed by atoms with Crippen molar-refractivity contribution in [3.63, 3.8) is 0 Å². The molecule has 0 N–H and O–H groups in total. The fourth-order valence-corrected chi connectivity index (χ4v) is 4.85. The highest BCUT2D eigenvalue weighted by atomic mass is 14.5. The molecule has 3 saturated carbocycles. The van der Waals surface area contributed by atoms with E-state index in [9.17, 15) is 0 Å². The Balaban J connectivity index is 1.77. The van der Waals surface area contributed by atoms with E-state index in [0.717, 1.165) is 23.2 Å². The summed E-state index contributed by atoms with van der Waals surface area (Å²) in [6, 6.07) is 0. The lowest BCUT2D eigenvalue weighted by atomic mass is 9.82. The van der Waals surface area contributed by atoms with E-state index in [0.29, 0.717) is 0 Å². The second-order valence-corrected chi connectivity index (χ2v) is 6.65. The summed E-state index contributed by atoms with van der Waals surface area (Å²) in [4.78, 5) is 0. The lowest BCUT2D eigenvalue weighted by molar-refractivity contribution is 0.277. The van der Waals surface area contributed by atoms with Gasteiger partial charge in [-0.25, -0.2) is 0 Å². The third-order valence-corrected chi connectivity index (χ3v) is 5.50. The predicted molar refractivity (Wildman–Crippen MR) is 64.7 cm³/mol. The molecule has 0 aromatic carbocycles. The average molecular weight is 204 g/mol. The third kappa shape index (κ3) is 1.57. The van der Waals surface area contributed by atoms with Crippen LogP contribution in [0.1, 0.15) is 58.3 Å². The highest BCUT2D eigenvalue weighted by Gasteiger charge is 2.49. The minimum atomic E-state index is 0.718. The number of hydrogen-bond acceptors (Lipinski definition) is 0. The van der Waals surface area contributed by atoms with E-state index >= 15 is 0 Å². The van der Waals surface area contributed by atoms with Gasteiger partial charge in [-0.3, -0.25) is 0 Å². The van der Waals surface area contributed by atoms with E-state index in [-0.39, 0.29) is 0 Å². The van der Waals surface area contributed by atoms with Crippen molar-refractivity contribution < 1.29 is 0 Å². The summed E-state index contributed by atoms with van der Waals surface area (Å²) in [5.74, 6) is 3.00. The maximum atomic E-state index is 4.27. The number of allylic oxidation sites excluding steroid dienone is 1. The van der Waals surface area contributed by atoms with Crippen LogP contribution in [-0.4, -0.2) is 0 Å². The minimum absolute atomic E-state index is 0.718. The van der Waals surface area contributed by atoms with Crippen molar-refractivity contribution >= 4 is 0 Å². The molecule has 3 fully saturated rings. The smallest absolute Gasteiger partial charge is 0.0229 e. The van der Waals surface area contributed by atoms with Crippen LogP contribution in [0.4, 0.5) is 0 Å². The Hall–Kier alpha value is -0.260. The highest BCUT2D eigenvalue weighted by Crippen LogP contribution is 2.60. The van der Waals surface area contributed by atoms with E-state index in [4.69, 9.17) is 0 Å². The van der Waals surface area contributed by atoms with Gasteiger partial charge in [0.2, 0.25) is 0 Å². The molecule has 0 bridgehead atoms. The Morgan fingerprint density at radius 3 is 2.13 bits per heavy atom. The number of hydrogen-bond donors (Lipinski definition) is 0.